The lowest BCUT2D eigenvalue weighted by Gasteiger charge is -2.36. The molecule has 1 saturated heterocycles. The van der Waals surface area contributed by atoms with Crippen LogP contribution in [0, 0.1) is 6.92 Å². The number of hydrogen-bond donors (Lipinski definition) is 1. The molecule has 3 rings (SSSR count). The smallest absolute Gasteiger partial charge is 0.241 e. The summed E-state index contributed by atoms with van der Waals surface area (Å²) in [5.74, 6) is 0.609. The highest BCUT2D eigenvalue weighted by Crippen LogP contribution is 2.28. The van der Waals surface area contributed by atoms with Crippen molar-refractivity contribution >= 4 is 11.6 Å². The van der Waals surface area contributed by atoms with Gasteiger partial charge in [0.25, 0.3) is 0 Å². The van der Waals surface area contributed by atoms with Gasteiger partial charge in [-0.3, -0.25) is 14.4 Å². The van der Waals surface area contributed by atoms with Crippen LogP contribution in [-0.4, -0.2) is 39.7 Å². The Labute approximate surface area is 150 Å². The van der Waals surface area contributed by atoms with Crippen LogP contribution in [0.5, 0.6) is 0 Å². The minimum Gasteiger partial charge on any atom is -0.325 e. The fraction of sp³-hybridized carbons (Fsp3) is 0.500. The Hall–Kier alpha value is -2.14. The first-order valence-corrected chi connectivity index (χ1v) is 9.18. The molecule has 2 heterocycles. The summed E-state index contributed by atoms with van der Waals surface area (Å²) >= 11 is 0. The maximum absolute atomic E-state index is 12.7. The predicted octanol–water partition coefficient (Wildman–Crippen LogP) is 3.33. The van der Waals surface area contributed by atoms with Crippen molar-refractivity contribution in [2.45, 2.75) is 45.1 Å². The second kappa shape index (κ2) is 7.83. The number of likely N-dealkylation sites (tertiary alicyclic amines) is 1. The quantitative estimate of drug-likeness (QED) is 0.908. The van der Waals surface area contributed by atoms with Gasteiger partial charge in [-0.1, -0.05) is 24.6 Å². The van der Waals surface area contributed by atoms with E-state index in [4.69, 9.17) is 0 Å². The molecule has 5 heteroatoms. The van der Waals surface area contributed by atoms with E-state index in [0.29, 0.717) is 5.92 Å². The van der Waals surface area contributed by atoms with Gasteiger partial charge in [0.05, 0.1) is 11.7 Å². The second-order valence-corrected chi connectivity index (χ2v) is 7.00. The molecule has 0 saturated carbocycles. The highest BCUT2D eigenvalue weighted by Gasteiger charge is 2.29. The Morgan fingerprint density at radius 3 is 2.48 bits per heavy atom. The molecule has 0 aliphatic carbocycles. The van der Waals surface area contributed by atoms with Crippen molar-refractivity contribution in [3.8, 4) is 0 Å². The first-order chi connectivity index (χ1) is 12.1. The van der Waals surface area contributed by atoms with Gasteiger partial charge < -0.3 is 5.32 Å². The van der Waals surface area contributed by atoms with Crippen molar-refractivity contribution < 1.29 is 4.79 Å². The van der Waals surface area contributed by atoms with Crippen LogP contribution < -0.4 is 5.32 Å². The molecule has 1 aromatic carbocycles. The van der Waals surface area contributed by atoms with E-state index < -0.39 is 0 Å². The van der Waals surface area contributed by atoms with E-state index in [-0.39, 0.29) is 11.9 Å². The molecule has 1 atom stereocenters. The third-order valence-electron chi connectivity index (χ3n) is 5.13. The van der Waals surface area contributed by atoms with E-state index in [1.54, 1.807) is 0 Å². The SMILES string of the molecule is CC[C@@H](C(=O)Nc1ccc(C)cc1)N1CCC(c2ccn(C)n2)CC1. The van der Waals surface area contributed by atoms with Gasteiger partial charge in [-0.15, -0.1) is 0 Å². The van der Waals surface area contributed by atoms with Crippen molar-refractivity contribution in [2.75, 3.05) is 18.4 Å². The largest absolute Gasteiger partial charge is 0.325 e. The summed E-state index contributed by atoms with van der Waals surface area (Å²) in [6.07, 6.45) is 4.95. The van der Waals surface area contributed by atoms with Crippen molar-refractivity contribution in [1.82, 2.24) is 14.7 Å². The number of carbonyl (C=O) groups is 1. The number of nitrogens with one attached hydrogen (secondary N) is 1. The predicted molar refractivity (Wildman–Crippen MR) is 101 cm³/mol. The summed E-state index contributed by atoms with van der Waals surface area (Å²) in [4.78, 5) is 15.0. The van der Waals surface area contributed by atoms with Crippen LogP contribution in [0.3, 0.4) is 0 Å². The molecule has 1 amide bonds. The van der Waals surface area contributed by atoms with E-state index in [2.05, 4.69) is 28.3 Å². The molecule has 134 valence electrons. The average molecular weight is 340 g/mol. The molecule has 1 aromatic heterocycles. The number of amides is 1. The number of rotatable bonds is 5. The van der Waals surface area contributed by atoms with Crippen LogP contribution >= 0.6 is 0 Å². The maximum atomic E-state index is 12.7. The molecule has 1 N–H and O–H groups in total. The fourth-order valence-electron chi connectivity index (χ4n) is 3.63. The van der Waals surface area contributed by atoms with Crippen molar-refractivity contribution in [3.63, 3.8) is 0 Å². The second-order valence-electron chi connectivity index (χ2n) is 7.00. The first kappa shape index (κ1) is 17.7. The van der Waals surface area contributed by atoms with Crippen molar-refractivity contribution in [2.24, 2.45) is 7.05 Å². The molecule has 0 radical (unpaired) electrons. The van der Waals surface area contributed by atoms with E-state index >= 15 is 0 Å². The monoisotopic (exact) mass is 340 g/mol. The van der Waals surface area contributed by atoms with Crippen LogP contribution in [0.4, 0.5) is 5.69 Å². The van der Waals surface area contributed by atoms with E-state index in [1.165, 1.54) is 11.3 Å². The summed E-state index contributed by atoms with van der Waals surface area (Å²) in [5.41, 5.74) is 3.25. The molecule has 1 fully saturated rings. The molecular weight excluding hydrogens is 312 g/mol. The Kier molecular flexibility index (Phi) is 5.53. The summed E-state index contributed by atoms with van der Waals surface area (Å²) in [6, 6.07) is 10.0. The van der Waals surface area contributed by atoms with Crippen LogP contribution in [-0.2, 0) is 11.8 Å². The highest BCUT2D eigenvalue weighted by atomic mass is 16.2. The molecule has 5 nitrogen and oxygen atoms in total. The zero-order chi connectivity index (χ0) is 17.8. The summed E-state index contributed by atoms with van der Waals surface area (Å²) in [6.45, 7) is 6.03. The molecule has 0 bridgehead atoms. The normalized spacial score (nSPS) is 17.4. The number of benzene rings is 1. The number of nitrogens with zero attached hydrogens (tertiary/aromatic N) is 3. The molecular formula is C20H28N4O. The number of piperidine rings is 1. The lowest BCUT2D eigenvalue weighted by Crippen LogP contribution is -2.47. The van der Waals surface area contributed by atoms with Gasteiger partial charge in [-0.05, 0) is 57.5 Å². The minimum absolute atomic E-state index is 0.0639. The molecule has 0 unspecified atom stereocenters. The lowest BCUT2D eigenvalue weighted by atomic mass is 9.92. The van der Waals surface area contributed by atoms with E-state index in [0.717, 1.165) is 38.0 Å². The maximum Gasteiger partial charge on any atom is 0.241 e. The van der Waals surface area contributed by atoms with E-state index in [9.17, 15) is 4.79 Å². The third kappa shape index (κ3) is 4.28. The number of aryl methyl sites for hydroxylation is 2. The van der Waals surface area contributed by atoms with Gasteiger partial charge in [0, 0.05) is 24.8 Å². The van der Waals surface area contributed by atoms with Crippen LogP contribution in [0.15, 0.2) is 36.5 Å². The number of hydrogen-bond acceptors (Lipinski definition) is 3. The van der Waals surface area contributed by atoms with Gasteiger partial charge in [-0.2, -0.15) is 5.10 Å². The molecule has 1 aliphatic rings. The van der Waals surface area contributed by atoms with Crippen molar-refractivity contribution in [3.05, 3.63) is 47.8 Å². The Bertz CT molecular complexity index is 699. The molecule has 2 aromatic rings. The topological polar surface area (TPSA) is 50.2 Å². The van der Waals surface area contributed by atoms with Crippen LogP contribution in [0.25, 0.3) is 0 Å². The van der Waals surface area contributed by atoms with Gasteiger partial charge in [0.15, 0.2) is 0 Å². The van der Waals surface area contributed by atoms with Gasteiger partial charge in [0.2, 0.25) is 5.91 Å². The van der Waals surface area contributed by atoms with Gasteiger partial charge in [-0.25, -0.2) is 0 Å². The standard InChI is InChI=1S/C20H28N4O/c1-4-19(20(25)21-17-7-5-15(2)6-8-17)24-13-9-16(10-14-24)18-11-12-23(3)22-18/h5-8,11-12,16,19H,4,9-10,13-14H2,1-3H3,(H,21,25)/t19-/m0/s1. The van der Waals surface area contributed by atoms with Gasteiger partial charge in [0.1, 0.15) is 0 Å². The van der Waals surface area contributed by atoms with Crippen LogP contribution in [0.1, 0.15) is 43.4 Å². The Morgan fingerprint density at radius 2 is 1.92 bits per heavy atom. The zero-order valence-corrected chi connectivity index (χ0v) is 15.4. The summed E-state index contributed by atoms with van der Waals surface area (Å²) in [5, 5.41) is 7.61. The Balaban J connectivity index is 1.58. The van der Waals surface area contributed by atoms with Gasteiger partial charge >= 0.3 is 0 Å². The number of aromatic nitrogens is 2. The zero-order valence-electron chi connectivity index (χ0n) is 15.4. The number of carbonyl (C=O) groups excluding carboxylic acids is 1. The lowest BCUT2D eigenvalue weighted by molar-refractivity contribution is -0.121. The van der Waals surface area contributed by atoms with Crippen LogP contribution in [0.2, 0.25) is 0 Å². The molecule has 1 aliphatic heterocycles. The average Bonchev–Trinajstić information content (AvgIpc) is 3.05. The van der Waals surface area contributed by atoms with Crippen molar-refractivity contribution in [1.29, 1.82) is 0 Å². The Morgan fingerprint density at radius 1 is 1.24 bits per heavy atom. The molecule has 0 spiro atoms. The van der Waals surface area contributed by atoms with E-state index in [1.807, 2.05) is 49.1 Å². The molecule has 25 heavy (non-hydrogen) atoms. The minimum atomic E-state index is -0.0639. The third-order valence-corrected chi connectivity index (χ3v) is 5.13. The summed E-state index contributed by atoms with van der Waals surface area (Å²) in [7, 11) is 1.96. The summed E-state index contributed by atoms with van der Waals surface area (Å²) < 4.78 is 1.87. The fourth-order valence-corrected chi connectivity index (χ4v) is 3.63. The first-order valence-electron chi connectivity index (χ1n) is 9.18. The number of anilines is 1. The highest BCUT2D eigenvalue weighted by molar-refractivity contribution is 5.94.